The second kappa shape index (κ2) is 10.4. The van der Waals surface area contributed by atoms with Gasteiger partial charge in [0.25, 0.3) is 5.24 Å². The standard InChI is InChI=1S/C12H26N2O4S2/c1-5-19-12(15)14(4)20(16,17)10-6-8-18-9-7-13-11(2)3/h11,13H,5-10H2,1-4H3. The monoisotopic (exact) mass is 326 g/mol. The molecule has 0 aromatic rings. The molecule has 0 aromatic carbocycles. The first-order valence-electron chi connectivity index (χ1n) is 6.75. The van der Waals surface area contributed by atoms with Crippen LogP contribution in [0.25, 0.3) is 0 Å². The van der Waals surface area contributed by atoms with E-state index in [9.17, 15) is 13.2 Å². The zero-order chi connectivity index (χ0) is 15.6. The van der Waals surface area contributed by atoms with Crippen molar-refractivity contribution in [3.8, 4) is 0 Å². The van der Waals surface area contributed by atoms with E-state index in [2.05, 4.69) is 5.32 Å². The van der Waals surface area contributed by atoms with Gasteiger partial charge in [0.1, 0.15) is 0 Å². The molecule has 1 N–H and O–H groups in total. The number of hydrogen-bond donors (Lipinski definition) is 1. The van der Waals surface area contributed by atoms with Gasteiger partial charge in [0.2, 0.25) is 10.0 Å². The summed E-state index contributed by atoms with van der Waals surface area (Å²) in [6, 6.07) is 0.412. The molecule has 120 valence electrons. The third kappa shape index (κ3) is 8.78. The predicted octanol–water partition coefficient (Wildman–Crippen LogP) is 1.53. The van der Waals surface area contributed by atoms with Crippen LogP contribution in [-0.4, -0.2) is 62.3 Å². The lowest BCUT2D eigenvalue weighted by molar-refractivity contribution is 0.135. The van der Waals surface area contributed by atoms with E-state index < -0.39 is 15.3 Å². The van der Waals surface area contributed by atoms with Crippen LogP contribution in [0.2, 0.25) is 0 Å². The molecule has 8 heteroatoms. The first kappa shape index (κ1) is 19.7. The van der Waals surface area contributed by atoms with Gasteiger partial charge >= 0.3 is 0 Å². The Labute approximate surface area is 126 Å². The number of nitrogens with zero attached hydrogens (tertiary/aromatic N) is 1. The maximum Gasteiger partial charge on any atom is 0.294 e. The van der Waals surface area contributed by atoms with Crippen LogP contribution in [0.1, 0.15) is 27.2 Å². The average molecular weight is 326 g/mol. The van der Waals surface area contributed by atoms with Crippen LogP contribution in [0.15, 0.2) is 0 Å². The molecule has 0 heterocycles. The van der Waals surface area contributed by atoms with Crippen molar-refractivity contribution in [1.82, 2.24) is 9.62 Å². The van der Waals surface area contributed by atoms with Gasteiger partial charge in [0.15, 0.2) is 0 Å². The molecule has 0 atom stereocenters. The van der Waals surface area contributed by atoms with E-state index in [0.29, 0.717) is 31.4 Å². The van der Waals surface area contributed by atoms with Crippen molar-refractivity contribution in [3.63, 3.8) is 0 Å². The van der Waals surface area contributed by atoms with E-state index in [1.165, 1.54) is 7.05 Å². The second-order valence-electron chi connectivity index (χ2n) is 4.56. The molecule has 0 bridgehead atoms. The highest BCUT2D eigenvalue weighted by Gasteiger charge is 2.22. The van der Waals surface area contributed by atoms with Crippen LogP contribution >= 0.6 is 11.8 Å². The van der Waals surface area contributed by atoms with E-state index in [4.69, 9.17) is 4.74 Å². The quantitative estimate of drug-likeness (QED) is 0.614. The Bertz CT molecular complexity index is 372. The summed E-state index contributed by atoms with van der Waals surface area (Å²) in [5.41, 5.74) is 0. The van der Waals surface area contributed by atoms with Crippen molar-refractivity contribution in [1.29, 1.82) is 0 Å². The molecular formula is C12H26N2O4S2. The normalized spacial score (nSPS) is 11.8. The fraction of sp³-hybridized carbons (Fsp3) is 0.917. The van der Waals surface area contributed by atoms with Gasteiger partial charge in [-0.3, -0.25) is 4.79 Å². The van der Waals surface area contributed by atoms with Gasteiger partial charge in [0, 0.05) is 26.2 Å². The highest BCUT2D eigenvalue weighted by molar-refractivity contribution is 8.14. The lowest BCUT2D eigenvalue weighted by Crippen LogP contribution is -2.33. The number of hydrogen-bond acceptors (Lipinski definition) is 6. The van der Waals surface area contributed by atoms with Gasteiger partial charge in [-0.2, -0.15) is 0 Å². The summed E-state index contributed by atoms with van der Waals surface area (Å²) in [5.74, 6) is 0.488. The number of nitrogens with one attached hydrogen (secondary N) is 1. The topological polar surface area (TPSA) is 75.7 Å². The van der Waals surface area contributed by atoms with Crippen molar-refractivity contribution < 1.29 is 17.9 Å². The van der Waals surface area contributed by atoms with Crippen LogP contribution in [0.3, 0.4) is 0 Å². The minimum absolute atomic E-state index is 0.0723. The average Bonchev–Trinajstić information content (AvgIpc) is 2.36. The van der Waals surface area contributed by atoms with Gasteiger partial charge in [-0.1, -0.05) is 32.5 Å². The summed E-state index contributed by atoms with van der Waals surface area (Å²) in [7, 11) is -2.22. The number of carbonyl (C=O) groups is 1. The Kier molecular flexibility index (Phi) is 10.3. The first-order chi connectivity index (χ1) is 9.31. The molecule has 0 saturated heterocycles. The van der Waals surface area contributed by atoms with Crippen molar-refractivity contribution in [2.75, 3.05) is 38.3 Å². The minimum Gasteiger partial charge on any atom is -0.380 e. The molecule has 20 heavy (non-hydrogen) atoms. The van der Waals surface area contributed by atoms with Gasteiger partial charge in [0.05, 0.1) is 12.4 Å². The zero-order valence-corrected chi connectivity index (χ0v) is 14.3. The molecule has 0 radical (unpaired) electrons. The molecule has 0 unspecified atom stereocenters. The Morgan fingerprint density at radius 3 is 2.55 bits per heavy atom. The maximum atomic E-state index is 11.8. The van der Waals surface area contributed by atoms with E-state index in [-0.39, 0.29) is 5.75 Å². The number of rotatable bonds is 10. The summed E-state index contributed by atoms with van der Waals surface area (Å²) in [4.78, 5) is 11.5. The van der Waals surface area contributed by atoms with Crippen molar-refractivity contribution >= 4 is 27.0 Å². The van der Waals surface area contributed by atoms with E-state index in [1.54, 1.807) is 0 Å². The molecule has 0 fully saturated rings. The molecule has 0 aliphatic heterocycles. The largest absolute Gasteiger partial charge is 0.380 e. The smallest absolute Gasteiger partial charge is 0.294 e. The summed E-state index contributed by atoms with van der Waals surface area (Å²) in [5, 5.41) is 2.77. The number of sulfonamides is 1. The molecule has 0 aromatic heterocycles. The van der Waals surface area contributed by atoms with Gasteiger partial charge in [-0.25, -0.2) is 12.7 Å². The van der Waals surface area contributed by atoms with E-state index >= 15 is 0 Å². The molecular weight excluding hydrogens is 300 g/mol. The highest BCUT2D eigenvalue weighted by atomic mass is 32.2. The number of carbonyl (C=O) groups excluding carboxylic acids is 1. The van der Waals surface area contributed by atoms with E-state index in [0.717, 1.165) is 22.6 Å². The predicted molar refractivity (Wildman–Crippen MR) is 83.7 cm³/mol. The third-order valence-corrected chi connectivity index (χ3v) is 5.16. The molecule has 0 aliphatic rings. The maximum absolute atomic E-state index is 11.8. The first-order valence-corrected chi connectivity index (χ1v) is 9.35. The van der Waals surface area contributed by atoms with Gasteiger partial charge in [-0.05, 0) is 12.2 Å². The van der Waals surface area contributed by atoms with Gasteiger partial charge in [-0.15, -0.1) is 0 Å². The SMILES string of the molecule is CCSC(=O)N(C)S(=O)(=O)CCCOCCNC(C)C. The zero-order valence-electron chi connectivity index (χ0n) is 12.7. The highest BCUT2D eigenvalue weighted by Crippen LogP contribution is 2.11. The summed E-state index contributed by atoms with van der Waals surface area (Å²) in [6.45, 7) is 7.58. The fourth-order valence-corrected chi connectivity index (χ4v) is 3.24. The molecule has 0 rings (SSSR count). The number of ether oxygens (including phenoxy) is 1. The van der Waals surface area contributed by atoms with Crippen molar-refractivity contribution in [2.45, 2.75) is 33.2 Å². The Morgan fingerprint density at radius 2 is 2.00 bits per heavy atom. The van der Waals surface area contributed by atoms with Crippen molar-refractivity contribution in [2.24, 2.45) is 0 Å². The summed E-state index contributed by atoms with van der Waals surface area (Å²) < 4.78 is 29.9. The molecule has 1 amide bonds. The second-order valence-corrected chi connectivity index (χ2v) is 7.89. The van der Waals surface area contributed by atoms with Crippen LogP contribution in [0, 0.1) is 0 Å². The summed E-state index contributed by atoms with van der Waals surface area (Å²) in [6.07, 6.45) is 0.387. The lowest BCUT2D eigenvalue weighted by Gasteiger charge is -2.16. The fourth-order valence-electron chi connectivity index (χ4n) is 1.33. The third-order valence-electron chi connectivity index (χ3n) is 2.43. The molecule has 0 aliphatic carbocycles. The molecule has 6 nitrogen and oxygen atoms in total. The summed E-state index contributed by atoms with van der Waals surface area (Å²) >= 11 is 0.988. The van der Waals surface area contributed by atoms with Crippen LogP contribution in [0.5, 0.6) is 0 Å². The molecule has 0 saturated carbocycles. The Morgan fingerprint density at radius 1 is 1.35 bits per heavy atom. The number of amides is 1. The lowest BCUT2D eigenvalue weighted by atomic mass is 10.4. The van der Waals surface area contributed by atoms with Crippen LogP contribution in [-0.2, 0) is 14.8 Å². The Balaban J connectivity index is 3.85. The van der Waals surface area contributed by atoms with Crippen LogP contribution < -0.4 is 5.32 Å². The molecule has 0 spiro atoms. The van der Waals surface area contributed by atoms with Gasteiger partial charge < -0.3 is 10.1 Å². The Hall–Kier alpha value is -0.310. The van der Waals surface area contributed by atoms with E-state index in [1.807, 2.05) is 20.8 Å². The van der Waals surface area contributed by atoms with Crippen molar-refractivity contribution in [3.05, 3.63) is 0 Å². The van der Waals surface area contributed by atoms with Crippen LogP contribution in [0.4, 0.5) is 4.79 Å². The minimum atomic E-state index is -3.52. The number of thioether (sulfide) groups is 1.